The van der Waals surface area contributed by atoms with Crippen molar-refractivity contribution in [3.05, 3.63) is 60.0 Å². The molecule has 6 nitrogen and oxygen atoms in total. The van der Waals surface area contributed by atoms with Crippen molar-refractivity contribution in [1.29, 1.82) is 0 Å². The van der Waals surface area contributed by atoms with E-state index in [1.165, 1.54) is 10.5 Å². The van der Waals surface area contributed by atoms with Crippen molar-refractivity contribution < 1.29 is 0 Å². The normalized spacial score (nSPS) is 11.2. The maximum Gasteiger partial charge on any atom is 0.191 e. The Morgan fingerprint density at radius 3 is 2.56 bits per heavy atom. The van der Waals surface area contributed by atoms with Crippen LogP contribution in [0.3, 0.4) is 0 Å². The first kappa shape index (κ1) is 19.5. The smallest absolute Gasteiger partial charge is 0.191 e. The Hall–Kier alpha value is -1.81. The molecule has 0 atom stereocenters. The predicted octanol–water partition coefficient (Wildman–Crippen LogP) is 2.93. The summed E-state index contributed by atoms with van der Waals surface area (Å²) in [5, 5.41) is 14.9. The summed E-state index contributed by atoms with van der Waals surface area (Å²) in [4.78, 5) is 5.51. The van der Waals surface area contributed by atoms with Gasteiger partial charge in [-0.1, -0.05) is 18.2 Å². The van der Waals surface area contributed by atoms with E-state index in [0.29, 0.717) is 6.54 Å². The summed E-state index contributed by atoms with van der Waals surface area (Å²) in [5.74, 6) is 1.58. The second kappa shape index (κ2) is 9.62. The Morgan fingerprint density at radius 1 is 1.08 bits per heavy atom. The molecular formula is C17H21IN6S. The standard InChI is InChI=1S/C17H20N6S.HI/c1-18-17(19-11-13-6-8-14(24-2)9-7-13)20-12-16-22-21-15-5-3-4-10-23(15)16;/h3-10H,11-12H2,1-2H3,(H2,18,19,20);1H. The van der Waals surface area contributed by atoms with Gasteiger partial charge >= 0.3 is 0 Å². The number of aliphatic imine (C=N–C) groups is 1. The van der Waals surface area contributed by atoms with Gasteiger partial charge in [-0.15, -0.1) is 45.9 Å². The lowest BCUT2D eigenvalue weighted by molar-refractivity contribution is 0.762. The van der Waals surface area contributed by atoms with Crippen molar-refractivity contribution >= 4 is 47.3 Å². The van der Waals surface area contributed by atoms with Crippen LogP contribution >= 0.6 is 35.7 Å². The Morgan fingerprint density at radius 2 is 1.84 bits per heavy atom. The zero-order valence-electron chi connectivity index (χ0n) is 14.1. The molecule has 0 bridgehead atoms. The molecule has 0 amide bonds. The van der Waals surface area contributed by atoms with Gasteiger partial charge in [0, 0.05) is 24.7 Å². The number of halogens is 1. The van der Waals surface area contributed by atoms with E-state index in [1.54, 1.807) is 18.8 Å². The lowest BCUT2D eigenvalue weighted by atomic mass is 10.2. The van der Waals surface area contributed by atoms with Gasteiger partial charge < -0.3 is 10.6 Å². The second-order valence-electron chi connectivity index (χ2n) is 5.17. The van der Waals surface area contributed by atoms with Crippen LogP contribution in [0.1, 0.15) is 11.4 Å². The van der Waals surface area contributed by atoms with Crippen LogP contribution in [0.2, 0.25) is 0 Å². The molecule has 0 fully saturated rings. The molecule has 8 heteroatoms. The molecule has 0 saturated carbocycles. The quantitative estimate of drug-likeness (QED) is 0.261. The minimum absolute atomic E-state index is 0. The van der Waals surface area contributed by atoms with Crippen molar-refractivity contribution in [2.45, 2.75) is 18.0 Å². The van der Waals surface area contributed by atoms with E-state index in [-0.39, 0.29) is 24.0 Å². The van der Waals surface area contributed by atoms with E-state index < -0.39 is 0 Å². The predicted molar refractivity (Wildman–Crippen MR) is 114 cm³/mol. The minimum Gasteiger partial charge on any atom is -0.352 e. The molecule has 2 aromatic heterocycles. The van der Waals surface area contributed by atoms with E-state index in [1.807, 2.05) is 28.8 Å². The van der Waals surface area contributed by atoms with Crippen LogP contribution in [0, 0.1) is 0 Å². The summed E-state index contributed by atoms with van der Waals surface area (Å²) < 4.78 is 1.96. The van der Waals surface area contributed by atoms with E-state index >= 15 is 0 Å². The molecule has 3 rings (SSSR count). The molecule has 1 aromatic carbocycles. The number of hydrogen-bond donors (Lipinski definition) is 2. The van der Waals surface area contributed by atoms with Crippen molar-refractivity contribution in [3.8, 4) is 0 Å². The second-order valence-corrected chi connectivity index (χ2v) is 6.05. The van der Waals surface area contributed by atoms with Crippen molar-refractivity contribution in [3.63, 3.8) is 0 Å². The van der Waals surface area contributed by atoms with E-state index in [2.05, 4.69) is 56.3 Å². The lowest BCUT2D eigenvalue weighted by Gasteiger charge is -2.11. The van der Waals surface area contributed by atoms with Gasteiger partial charge in [0.25, 0.3) is 0 Å². The Kier molecular flexibility index (Phi) is 7.51. The number of pyridine rings is 1. The van der Waals surface area contributed by atoms with Crippen LogP contribution in [0.15, 0.2) is 58.5 Å². The number of nitrogens with one attached hydrogen (secondary N) is 2. The zero-order valence-corrected chi connectivity index (χ0v) is 17.3. The first-order valence-electron chi connectivity index (χ1n) is 7.66. The number of nitrogens with zero attached hydrogens (tertiary/aromatic N) is 4. The number of fused-ring (bicyclic) bond motifs is 1. The fourth-order valence-corrected chi connectivity index (χ4v) is 2.73. The highest BCUT2D eigenvalue weighted by molar-refractivity contribution is 14.0. The lowest BCUT2D eigenvalue weighted by Crippen LogP contribution is -2.36. The van der Waals surface area contributed by atoms with Crippen molar-refractivity contribution in [1.82, 2.24) is 25.2 Å². The van der Waals surface area contributed by atoms with Gasteiger partial charge in [0.2, 0.25) is 0 Å². The first-order chi connectivity index (χ1) is 11.8. The van der Waals surface area contributed by atoms with Crippen LogP contribution in [-0.2, 0) is 13.1 Å². The molecule has 132 valence electrons. The number of rotatable bonds is 5. The van der Waals surface area contributed by atoms with Crippen LogP contribution < -0.4 is 10.6 Å². The summed E-state index contributed by atoms with van der Waals surface area (Å²) in [6, 6.07) is 14.3. The van der Waals surface area contributed by atoms with Crippen LogP contribution in [0.5, 0.6) is 0 Å². The molecular weight excluding hydrogens is 447 g/mol. The Balaban J connectivity index is 0.00000225. The topological polar surface area (TPSA) is 66.6 Å². The van der Waals surface area contributed by atoms with Gasteiger partial charge in [-0.25, -0.2) is 0 Å². The van der Waals surface area contributed by atoms with E-state index in [4.69, 9.17) is 0 Å². The fourth-order valence-electron chi connectivity index (χ4n) is 2.32. The minimum atomic E-state index is 0. The first-order valence-corrected chi connectivity index (χ1v) is 8.88. The summed E-state index contributed by atoms with van der Waals surface area (Å²) in [6.45, 7) is 1.27. The molecule has 0 aliphatic rings. The van der Waals surface area contributed by atoms with Crippen molar-refractivity contribution in [2.24, 2.45) is 4.99 Å². The number of aromatic nitrogens is 3. The number of hydrogen-bond acceptors (Lipinski definition) is 4. The average molecular weight is 468 g/mol. The summed E-state index contributed by atoms with van der Waals surface area (Å²) in [6.07, 6.45) is 4.03. The van der Waals surface area contributed by atoms with E-state index in [9.17, 15) is 0 Å². The van der Waals surface area contributed by atoms with Crippen molar-refractivity contribution in [2.75, 3.05) is 13.3 Å². The Labute approximate surface area is 168 Å². The van der Waals surface area contributed by atoms with Crippen LogP contribution in [0.25, 0.3) is 5.65 Å². The van der Waals surface area contributed by atoms with Gasteiger partial charge in [-0.3, -0.25) is 9.39 Å². The fraction of sp³-hybridized carbons (Fsp3) is 0.235. The molecule has 2 heterocycles. The average Bonchev–Trinajstić information content (AvgIpc) is 3.05. The Bertz CT molecular complexity index is 831. The van der Waals surface area contributed by atoms with Gasteiger partial charge in [-0.05, 0) is 36.1 Å². The maximum absolute atomic E-state index is 4.25. The third kappa shape index (κ3) is 5.08. The van der Waals surface area contributed by atoms with Crippen LogP contribution in [0.4, 0.5) is 0 Å². The third-order valence-corrected chi connectivity index (χ3v) is 4.38. The number of thioether (sulfide) groups is 1. The highest BCUT2D eigenvalue weighted by Crippen LogP contribution is 2.14. The molecule has 0 aliphatic heterocycles. The SMILES string of the molecule is CN=C(NCc1ccc(SC)cc1)NCc1nnc2ccccn12.I. The third-order valence-electron chi connectivity index (χ3n) is 3.64. The van der Waals surface area contributed by atoms with Gasteiger partial charge in [0.1, 0.15) is 0 Å². The molecule has 0 saturated heterocycles. The van der Waals surface area contributed by atoms with Gasteiger partial charge in [0.15, 0.2) is 17.4 Å². The number of guanidine groups is 1. The molecule has 0 unspecified atom stereocenters. The molecule has 2 N–H and O–H groups in total. The largest absolute Gasteiger partial charge is 0.352 e. The molecule has 25 heavy (non-hydrogen) atoms. The van der Waals surface area contributed by atoms with Gasteiger partial charge in [-0.2, -0.15) is 0 Å². The molecule has 0 aliphatic carbocycles. The maximum atomic E-state index is 4.25. The molecule has 3 aromatic rings. The van der Waals surface area contributed by atoms with E-state index in [0.717, 1.165) is 24.0 Å². The number of benzene rings is 1. The highest BCUT2D eigenvalue weighted by atomic mass is 127. The summed E-state index contributed by atoms with van der Waals surface area (Å²) in [7, 11) is 1.76. The monoisotopic (exact) mass is 468 g/mol. The van der Waals surface area contributed by atoms with Gasteiger partial charge in [0.05, 0.1) is 6.54 Å². The zero-order chi connectivity index (χ0) is 16.8. The highest BCUT2D eigenvalue weighted by Gasteiger charge is 2.05. The summed E-state index contributed by atoms with van der Waals surface area (Å²) >= 11 is 1.74. The summed E-state index contributed by atoms with van der Waals surface area (Å²) in [5.41, 5.74) is 2.05. The van der Waals surface area contributed by atoms with Crippen LogP contribution in [-0.4, -0.2) is 33.9 Å². The molecule has 0 spiro atoms. The molecule has 0 radical (unpaired) electrons.